The minimum atomic E-state index is -0.884. The number of halogens is 2. The predicted octanol–water partition coefficient (Wildman–Crippen LogP) is 3.02. The Bertz CT molecular complexity index is 780. The van der Waals surface area contributed by atoms with Crippen LogP contribution >= 0.6 is 0 Å². The summed E-state index contributed by atoms with van der Waals surface area (Å²) in [6.07, 6.45) is 0.0311. The Morgan fingerprint density at radius 3 is 2.19 bits per heavy atom. The summed E-state index contributed by atoms with van der Waals surface area (Å²) >= 11 is 0. The molecule has 0 aliphatic carbocycles. The highest BCUT2D eigenvalue weighted by atomic mass is 19.1. The molecule has 0 fully saturated rings. The largest absolute Gasteiger partial charge is 0.467 e. The summed E-state index contributed by atoms with van der Waals surface area (Å²) in [5.74, 6) is -2.61. The maximum absolute atomic E-state index is 13.3. The van der Waals surface area contributed by atoms with Gasteiger partial charge in [0.25, 0.3) is 0 Å². The van der Waals surface area contributed by atoms with Gasteiger partial charge in [-0.25, -0.2) is 13.6 Å². The molecule has 4 nitrogen and oxygen atoms in total. The Kier molecular flexibility index (Phi) is 6.44. The van der Waals surface area contributed by atoms with Gasteiger partial charge in [-0.05, 0) is 48.2 Å². The number of amides is 1. The van der Waals surface area contributed by atoms with E-state index in [0.29, 0.717) is 0 Å². The molecule has 0 unspecified atom stereocenters. The molecule has 2 aromatic carbocycles. The highest BCUT2D eigenvalue weighted by Crippen LogP contribution is 2.16. The smallest absolute Gasteiger partial charge is 0.328 e. The number of benzene rings is 2. The zero-order valence-corrected chi connectivity index (χ0v) is 14.9. The van der Waals surface area contributed by atoms with Crippen molar-refractivity contribution in [2.24, 2.45) is 0 Å². The van der Waals surface area contributed by atoms with Gasteiger partial charge in [0.2, 0.25) is 5.91 Å². The average Bonchev–Trinajstić information content (AvgIpc) is 2.55. The van der Waals surface area contributed by atoms with Crippen LogP contribution in [0.4, 0.5) is 8.78 Å². The monoisotopic (exact) mass is 361 g/mol. The molecule has 6 heteroatoms. The lowest BCUT2D eigenvalue weighted by Crippen LogP contribution is -2.44. The second-order valence-electron chi connectivity index (χ2n) is 6.17. The van der Waals surface area contributed by atoms with Gasteiger partial charge < -0.3 is 10.1 Å². The molecule has 0 spiro atoms. The summed E-state index contributed by atoms with van der Waals surface area (Å²) in [4.78, 5) is 24.3. The van der Waals surface area contributed by atoms with Crippen LogP contribution in [0.1, 0.15) is 22.3 Å². The van der Waals surface area contributed by atoms with Crippen LogP contribution in [0.25, 0.3) is 0 Å². The van der Waals surface area contributed by atoms with Crippen molar-refractivity contribution in [2.75, 3.05) is 7.11 Å². The summed E-state index contributed by atoms with van der Waals surface area (Å²) in [5, 5.41) is 2.60. The van der Waals surface area contributed by atoms with Crippen molar-refractivity contribution in [3.8, 4) is 0 Å². The van der Waals surface area contributed by atoms with Crippen LogP contribution in [0, 0.1) is 25.5 Å². The molecule has 0 aliphatic heterocycles. The lowest BCUT2D eigenvalue weighted by molar-refractivity contribution is -0.145. The summed E-state index contributed by atoms with van der Waals surface area (Å²) < 4.78 is 31.3. The predicted molar refractivity (Wildman–Crippen MR) is 93.6 cm³/mol. The Balaban J connectivity index is 2.14. The Hall–Kier alpha value is -2.76. The van der Waals surface area contributed by atoms with Gasteiger partial charge in [-0.2, -0.15) is 0 Å². The van der Waals surface area contributed by atoms with E-state index in [0.717, 1.165) is 34.9 Å². The van der Waals surface area contributed by atoms with Gasteiger partial charge in [0.1, 0.15) is 17.7 Å². The molecule has 1 N–H and O–H groups in total. The number of nitrogens with one attached hydrogen (secondary N) is 1. The third-order valence-electron chi connectivity index (χ3n) is 4.16. The molecule has 0 saturated carbocycles. The second kappa shape index (κ2) is 8.56. The molecule has 0 bridgehead atoms. The highest BCUT2D eigenvalue weighted by Gasteiger charge is 2.23. The number of esters is 1. The molecule has 0 heterocycles. The van der Waals surface area contributed by atoms with E-state index in [-0.39, 0.29) is 18.4 Å². The number of carbonyl (C=O) groups is 2. The lowest BCUT2D eigenvalue weighted by Gasteiger charge is -2.19. The normalized spacial score (nSPS) is 11.7. The Morgan fingerprint density at radius 1 is 1.08 bits per heavy atom. The number of methoxy groups -OCH3 is 1. The van der Waals surface area contributed by atoms with E-state index in [1.165, 1.54) is 7.11 Å². The van der Waals surface area contributed by atoms with Crippen LogP contribution in [0.3, 0.4) is 0 Å². The zero-order valence-electron chi connectivity index (χ0n) is 14.9. The molecule has 0 saturated heterocycles. The number of hydrogen-bond acceptors (Lipinski definition) is 3. The molecule has 1 amide bonds. The number of rotatable bonds is 6. The molecule has 138 valence electrons. The van der Waals surface area contributed by atoms with Gasteiger partial charge >= 0.3 is 5.97 Å². The van der Waals surface area contributed by atoms with Crippen LogP contribution in [-0.2, 0) is 27.2 Å². The number of hydrogen-bond donors (Lipinski definition) is 1. The quantitative estimate of drug-likeness (QED) is 0.805. The van der Waals surface area contributed by atoms with Gasteiger partial charge in [0.05, 0.1) is 13.5 Å². The van der Waals surface area contributed by atoms with Gasteiger partial charge in [-0.3, -0.25) is 4.79 Å². The zero-order chi connectivity index (χ0) is 19.3. The van der Waals surface area contributed by atoms with Crippen molar-refractivity contribution >= 4 is 11.9 Å². The minimum absolute atomic E-state index is 0.190. The van der Waals surface area contributed by atoms with Gasteiger partial charge in [0, 0.05) is 12.5 Å². The van der Waals surface area contributed by atoms with Crippen LogP contribution in [0.15, 0.2) is 36.4 Å². The maximum Gasteiger partial charge on any atom is 0.328 e. The summed E-state index contributed by atoms with van der Waals surface area (Å²) in [7, 11) is 1.24. The molecular weight excluding hydrogens is 340 g/mol. The standard InChI is InChI=1S/C20H21F2NO3/c1-12-5-4-6-13(2)17(12)11-18(20(25)26-3)23-19(24)9-14-7-15(21)10-16(22)8-14/h4-8,10,18H,9,11H2,1-3H3,(H,23,24)/t18-/m1/s1. The summed E-state index contributed by atoms with van der Waals surface area (Å²) in [5.41, 5.74) is 3.14. The molecule has 2 aromatic rings. The summed E-state index contributed by atoms with van der Waals surface area (Å²) in [6.45, 7) is 3.85. The fraction of sp³-hybridized carbons (Fsp3) is 0.300. The molecule has 0 aliphatic rings. The van der Waals surface area contributed by atoms with E-state index in [9.17, 15) is 18.4 Å². The summed E-state index contributed by atoms with van der Waals surface area (Å²) in [6, 6.07) is 7.79. The first kappa shape index (κ1) is 19.6. The first-order valence-corrected chi connectivity index (χ1v) is 8.17. The van der Waals surface area contributed by atoms with Crippen molar-refractivity contribution in [1.29, 1.82) is 0 Å². The maximum atomic E-state index is 13.3. The third-order valence-corrected chi connectivity index (χ3v) is 4.16. The van der Waals surface area contributed by atoms with E-state index in [1.807, 2.05) is 32.0 Å². The number of aryl methyl sites for hydroxylation is 2. The third kappa shape index (κ3) is 5.12. The molecule has 26 heavy (non-hydrogen) atoms. The first-order valence-electron chi connectivity index (χ1n) is 8.17. The Labute approximate surface area is 151 Å². The number of carbonyl (C=O) groups excluding carboxylic acids is 2. The fourth-order valence-electron chi connectivity index (χ4n) is 2.85. The fourth-order valence-corrected chi connectivity index (χ4v) is 2.85. The van der Waals surface area contributed by atoms with E-state index in [2.05, 4.69) is 5.32 Å². The molecule has 1 atom stereocenters. The van der Waals surface area contributed by atoms with E-state index < -0.39 is 29.6 Å². The first-order chi connectivity index (χ1) is 12.3. The molecule has 0 aromatic heterocycles. The topological polar surface area (TPSA) is 55.4 Å². The molecule has 2 rings (SSSR count). The van der Waals surface area contributed by atoms with Crippen molar-refractivity contribution < 1.29 is 23.1 Å². The van der Waals surface area contributed by atoms with Crippen LogP contribution in [-0.4, -0.2) is 25.0 Å². The van der Waals surface area contributed by atoms with Crippen molar-refractivity contribution in [1.82, 2.24) is 5.32 Å². The second-order valence-corrected chi connectivity index (χ2v) is 6.17. The van der Waals surface area contributed by atoms with Gasteiger partial charge in [-0.1, -0.05) is 18.2 Å². The Morgan fingerprint density at radius 2 is 1.65 bits per heavy atom. The van der Waals surface area contributed by atoms with Crippen molar-refractivity contribution in [3.63, 3.8) is 0 Å². The van der Waals surface area contributed by atoms with Crippen LogP contribution < -0.4 is 5.32 Å². The SMILES string of the molecule is COC(=O)[C@@H](Cc1c(C)cccc1C)NC(=O)Cc1cc(F)cc(F)c1. The average molecular weight is 361 g/mol. The van der Waals surface area contributed by atoms with Crippen molar-refractivity contribution in [3.05, 3.63) is 70.3 Å². The van der Waals surface area contributed by atoms with Crippen LogP contribution in [0.5, 0.6) is 0 Å². The van der Waals surface area contributed by atoms with E-state index in [4.69, 9.17) is 4.74 Å². The van der Waals surface area contributed by atoms with Gasteiger partial charge in [0.15, 0.2) is 0 Å². The molecular formula is C20H21F2NO3. The van der Waals surface area contributed by atoms with E-state index >= 15 is 0 Å². The highest BCUT2D eigenvalue weighted by molar-refractivity contribution is 5.85. The van der Waals surface area contributed by atoms with Gasteiger partial charge in [-0.15, -0.1) is 0 Å². The minimum Gasteiger partial charge on any atom is -0.467 e. The van der Waals surface area contributed by atoms with E-state index in [1.54, 1.807) is 0 Å². The molecule has 0 radical (unpaired) electrons. The van der Waals surface area contributed by atoms with Crippen molar-refractivity contribution in [2.45, 2.75) is 32.7 Å². The number of ether oxygens (including phenoxy) is 1. The lowest BCUT2D eigenvalue weighted by atomic mass is 9.96. The van der Waals surface area contributed by atoms with Crippen LogP contribution in [0.2, 0.25) is 0 Å².